The first-order valence-corrected chi connectivity index (χ1v) is 7.81. The van der Waals surface area contributed by atoms with Crippen LogP contribution in [0.1, 0.15) is 19.3 Å². The zero-order valence-corrected chi connectivity index (χ0v) is 13.1. The number of hydrogen-bond donors (Lipinski definition) is 2. The topological polar surface area (TPSA) is 79.1 Å². The van der Waals surface area contributed by atoms with Crippen LogP contribution in [0.3, 0.4) is 0 Å². The Morgan fingerprint density at radius 2 is 1.95 bits per heavy atom. The summed E-state index contributed by atoms with van der Waals surface area (Å²) in [5, 5.41) is 19.1. The van der Waals surface area contributed by atoms with E-state index in [1.165, 1.54) is 19.3 Å². The molecule has 0 amide bonds. The molecule has 116 valence electrons. The number of nitrogens with two attached hydrogens (primary N) is 1. The van der Waals surface area contributed by atoms with Crippen LogP contribution in [0.15, 0.2) is 34.5 Å². The van der Waals surface area contributed by atoms with Crippen molar-refractivity contribution in [2.45, 2.75) is 25.9 Å². The smallest absolute Gasteiger partial charge is 0.221 e. The Hall–Kier alpha value is -1.99. The summed E-state index contributed by atoms with van der Waals surface area (Å²) in [5.74, 6) is 0.103. The lowest BCUT2D eigenvalue weighted by Gasteiger charge is -2.27. The Morgan fingerprint density at radius 3 is 2.68 bits per heavy atom. The highest BCUT2D eigenvalue weighted by molar-refractivity contribution is 7.80. The Balaban J connectivity index is 2.01. The average Bonchev–Trinajstić information content (AvgIpc) is 2.79. The summed E-state index contributed by atoms with van der Waals surface area (Å²) in [7, 11) is 0. The van der Waals surface area contributed by atoms with Gasteiger partial charge >= 0.3 is 0 Å². The molecular weight excluding hydrogens is 298 g/mol. The van der Waals surface area contributed by atoms with Crippen molar-refractivity contribution in [3.05, 3.63) is 24.3 Å². The van der Waals surface area contributed by atoms with E-state index in [0.717, 1.165) is 24.0 Å². The van der Waals surface area contributed by atoms with Crippen molar-refractivity contribution in [2.24, 2.45) is 16.0 Å². The fourth-order valence-corrected chi connectivity index (χ4v) is 2.95. The summed E-state index contributed by atoms with van der Waals surface area (Å²) < 4.78 is 1.87. The van der Waals surface area contributed by atoms with Gasteiger partial charge in [0.25, 0.3) is 0 Å². The minimum absolute atomic E-state index is 0.0488. The van der Waals surface area contributed by atoms with Gasteiger partial charge in [0.2, 0.25) is 11.0 Å². The molecule has 0 aliphatic carbocycles. The molecule has 1 aliphatic heterocycles. The first kappa shape index (κ1) is 14.9. The number of nitrogens with zero attached hydrogens (tertiary/aromatic N) is 4. The van der Waals surface area contributed by atoms with Gasteiger partial charge in [-0.25, -0.2) is 0 Å². The van der Waals surface area contributed by atoms with Crippen LogP contribution in [0, 0.1) is 0 Å². The number of fused-ring (bicyclic) bond motifs is 1. The molecular formula is C15H19N5OS. The molecule has 1 aliphatic rings. The minimum atomic E-state index is -0.0488. The summed E-state index contributed by atoms with van der Waals surface area (Å²) in [4.78, 5) is 2.34. The number of para-hydroxylation sites is 1. The van der Waals surface area contributed by atoms with E-state index >= 15 is 0 Å². The van der Waals surface area contributed by atoms with Gasteiger partial charge in [0, 0.05) is 5.39 Å². The molecule has 1 aromatic carbocycles. The third-order valence-corrected chi connectivity index (χ3v) is 4.04. The normalized spacial score (nSPS) is 16.5. The van der Waals surface area contributed by atoms with Gasteiger partial charge in [-0.15, -0.1) is 10.2 Å². The van der Waals surface area contributed by atoms with Crippen LogP contribution in [-0.4, -0.2) is 32.8 Å². The van der Waals surface area contributed by atoms with Gasteiger partial charge in [-0.05, 0) is 44.2 Å². The van der Waals surface area contributed by atoms with E-state index in [9.17, 15) is 5.11 Å². The standard InChI is InChI=1S/C15H19N5OS/c16-15(22)18-17-13-11-6-2-3-7-12(11)20(14(13)21)10-19-8-4-1-5-9-19/h2-3,6-7,21H,1,4-5,8-10H2,(H2,16,22). The molecule has 1 saturated heterocycles. The van der Waals surface area contributed by atoms with Crippen molar-refractivity contribution in [2.75, 3.05) is 13.1 Å². The summed E-state index contributed by atoms with van der Waals surface area (Å²) in [5.41, 5.74) is 6.71. The summed E-state index contributed by atoms with van der Waals surface area (Å²) in [6.07, 6.45) is 3.68. The highest BCUT2D eigenvalue weighted by Crippen LogP contribution is 2.39. The number of aromatic hydroxyl groups is 1. The molecule has 1 fully saturated rings. The molecule has 22 heavy (non-hydrogen) atoms. The molecule has 2 aromatic rings. The second-order valence-electron chi connectivity index (χ2n) is 5.48. The number of piperidine rings is 1. The van der Waals surface area contributed by atoms with E-state index in [1.54, 1.807) is 0 Å². The maximum atomic E-state index is 10.6. The first-order valence-electron chi connectivity index (χ1n) is 7.40. The second kappa shape index (κ2) is 6.41. The molecule has 6 nitrogen and oxygen atoms in total. The van der Waals surface area contributed by atoms with Crippen LogP contribution < -0.4 is 5.73 Å². The van der Waals surface area contributed by atoms with Crippen LogP contribution >= 0.6 is 12.2 Å². The van der Waals surface area contributed by atoms with Crippen LogP contribution in [0.2, 0.25) is 0 Å². The fourth-order valence-electron chi connectivity index (χ4n) is 2.91. The monoisotopic (exact) mass is 317 g/mol. The van der Waals surface area contributed by atoms with Crippen molar-refractivity contribution in [1.82, 2.24) is 9.47 Å². The average molecular weight is 317 g/mol. The molecule has 0 atom stereocenters. The van der Waals surface area contributed by atoms with Crippen molar-refractivity contribution < 1.29 is 5.11 Å². The Labute approximate surface area is 134 Å². The van der Waals surface area contributed by atoms with E-state index in [4.69, 9.17) is 18.0 Å². The lowest BCUT2D eigenvalue weighted by molar-refractivity contribution is 0.178. The highest BCUT2D eigenvalue weighted by atomic mass is 32.1. The third-order valence-electron chi connectivity index (χ3n) is 3.96. The number of likely N-dealkylation sites (tertiary alicyclic amines) is 1. The molecule has 2 heterocycles. The maximum absolute atomic E-state index is 10.6. The first-order chi connectivity index (χ1) is 10.7. The molecule has 3 rings (SSSR count). The van der Waals surface area contributed by atoms with E-state index in [0.29, 0.717) is 12.4 Å². The maximum Gasteiger partial charge on any atom is 0.221 e. The van der Waals surface area contributed by atoms with Crippen LogP contribution in [0.4, 0.5) is 5.69 Å². The molecule has 3 N–H and O–H groups in total. The van der Waals surface area contributed by atoms with Crippen LogP contribution in [-0.2, 0) is 6.67 Å². The molecule has 0 unspecified atom stereocenters. The second-order valence-corrected chi connectivity index (χ2v) is 5.89. The summed E-state index contributed by atoms with van der Waals surface area (Å²) in [6.45, 7) is 2.75. The summed E-state index contributed by atoms with van der Waals surface area (Å²) in [6, 6.07) is 7.74. The van der Waals surface area contributed by atoms with Gasteiger partial charge in [-0.3, -0.25) is 9.47 Å². The number of benzene rings is 1. The van der Waals surface area contributed by atoms with Gasteiger partial charge in [-0.1, -0.05) is 24.6 Å². The van der Waals surface area contributed by atoms with E-state index in [-0.39, 0.29) is 11.0 Å². The van der Waals surface area contributed by atoms with Gasteiger partial charge < -0.3 is 10.8 Å². The van der Waals surface area contributed by atoms with Crippen molar-refractivity contribution in [3.63, 3.8) is 0 Å². The number of thiocarbonyl (C=S) groups is 1. The number of rotatable bonds is 3. The lowest BCUT2D eigenvalue weighted by Crippen LogP contribution is -2.31. The van der Waals surface area contributed by atoms with Gasteiger partial charge in [0.15, 0.2) is 5.69 Å². The molecule has 7 heteroatoms. The molecule has 0 spiro atoms. The van der Waals surface area contributed by atoms with Crippen molar-refractivity contribution in [1.29, 1.82) is 0 Å². The largest absolute Gasteiger partial charge is 0.493 e. The van der Waals surface area contributed by atoms with E-state index in [1.807, 2.05) is 28.8 Å². The zero-order chi connectivity index (χ0) is 15.5. The number of azo groups is 1. The van der Waals surface area contributed by atoms with Gasteiger partial charge in [0.05, 0.1) is 12.2 Å². The molecule has 0 radical (unpaired) electrons. The Morgan fingerprint density at radius 1 is 1.23 bits per heavy atom. The Bertz CT molecular complexity index is 718. The fraction of sp³-hybridized carbons (Fsp3) is 0.400. The predicted molar refractivity (Wildman–Crippen MR) is 90.3 cm³/mol. The third kappa shape index (κ3) is 2.95. The quantitative estimate of drug-likeness (QED) is 0.673. The van der Waals surface area contributed by atoms with E-state index in [2.05, 4.69) is 15.1 Å². The molecule has 0 saturated carbocycles. The zero-order valence-electron chi connectivity index (χ0n) is 12.3. The van der Waals surface area contributed by atoms with Crippen LogP contribution in [0.25, 0.3) is 10.9 Å². The lowest BCUT2D eigenvalue weighted by atomic mass is 10.1. The SMILES string of the molecule is NC(=S)N=Nc1c(O)n(CN2CCCCC2)c2ccccc12. The minimum Gasteiger partial charge on any atom is -0.493 e. The highest BCUT2D eigenvalue weighted by Gasteiger charge is 2.19. The number of hydrogen-bond acceptors (Lipinski definition) is 4. The Kier molecular flexibility index (Phi) is 4.35. The summed E-state index contributed by atoms with van der Waals surface area (Å²) >= 11 is 4.72. The van der Waals surface area contributed by atoms with Crippen molar-refractivity contribution >= 4 is 33.9 Å². The van der Waals surface area contributed by atoms with Gasteiger partial charge in [0.1, 0.15) is 0 Å². The van der Waals surface area contributed by atoms with Crippen LogP contribution in [0.5, 0.6) is 5.88 Å². The van der Waals surface area contributed by atoms with Crippen molar-refractivity contribution in [3.8, 4) is 5.88 Å². The molecule has 0 bridgehead atoms. The molecule has 1 aromatic heterocycles. The number of aromatic nitrogens is 1. The predicted octanol–water partition coefficient (Wildman–Crippen LogP) is 3.12. The van der Waals surface area contributed by atoms with Gasteiger partial charge in [-0.2, -0.15) is 0 Å². The van der Waals surface area contributed by atoms with E-state index < -0.39 is 0 Å².